The van der Waals surface area contributed by atoms with E-state index in [1.165, 1.54) is 0 Å². The van der Waals surface area contributed by atoms with Crippen molar-refractivity contribution in [3.8, 4) is 0 Å². The SMILES string of the molecule is CCOC(=O)c1cccc(CN2CCC(OC(c3ccccn3)c3ccccn3)CC2)n1. The van der Waals surface area contributed by atoms with Gasteiger partial charge in [0, 0.05) is 32.0 Å². The molecule has 1 fully saturated rings. The third-order valence-electron chi connectivity index (χ3n) is 5.45. The van der Waals surface area contributed by atoms with E-state index in [0.29, 0.717) is 18.8 Å². The summed E-state index contributed by atoms with van der Waals surface area (Å²) < 4.78 is 11.6. The van der Waals surface area contributed by atoms with Crippen molar-refractivity contribution in [3.63, 3.8) is 0 Å². The summed E-state index contributed by atoms with van der Waals surface area (Å²) in [5.41, 5.74) is 2.97. The number of nitrogens with zero attached hydrogens (tertiary/aromatic N) is 4. The third-order valence-corrected chi connectivity index (χ3v) is 5.45. The lowest BCUT2D eigenvalue weighted by Gasteiger charge is -2.33. The number of esters is 1. The molecule has 1 saturated heterocycles. The molecule has 4 rings (SSSR count). The van der Waals surface area contributed by atoms with Crippen LogP contribution in [-0.4, -0.2) is 51.6 Å². The van der Waals surface area contributed by atoms with Gasteiger partial charge in [0.15, 0.2) is 0 Å². The Morgan fingerprint density at radius 2 is 1.69 bits per heavy atom. The molecule has 166 valence electrons. The number of aromatic nitrogens is 3. The Kier molecular flexibility index (Phi) is 7.53. The lowest BCUT2D eigenvalue weighted by Crippen LogP contribution is -2.37. The highest BCUT2D eigenvalue weighted by molar-refractivity contribution is 5.87. The summed E-state index contributed by atoms with van der Waals surface area (Å²) in [4.78, 5) is 27.8. The van der Waals surface area contributed by atoms with E-state index in [0.717, 1.165) is 43.0 Å². The highest BCUT2D eigenvalue weighted by Gasteiger charge is 2.26. The van der Waals surface area contributed by atoms with Crippen LogP contribution in [0.3, 0.4) is 0 Å². The van der Waals surface area contributed by atoms with E-state index in [9.17, 15) is 4.79 Å². The van der Waals surface area contributed by atoms with Gasteiger partial charge in [-0.25, -0.2) is 9.78 Å². The van der Waals surface area contributed by atoms with Gasteiger partial charge in [-0.2, -0.15) is 0 Å². The maximum absolute atomic E-state index is 11.9. The Morgan fingerprint density at radius 1 is 1.00 bits per heavy atom. The monoisotopic (exact) mass is 432 g/mol. The maximum Gasteiger partial charge on any atom is 0.356 e. The highest BCUT2D eigenvalue weighted by atomic mass is 16.5. The van der Waals surface area contributed by atoms with Crippen molar-refractivity contribution in [2.24, 2.45) is 0 Å². The van der Waals surface area contributed by atoms with E-state index in [1.54, 1.807) is 25.4 Å². The van der Waals surface area contributed by atoms with Gasteiger partial charge in [0.25, 0.3) is 0 Å². The average Bonchev–Trinajstić information content (AvgIpc) is 2.85. The van der Waals surface area contributed by atoms with Crippen LogP contribution in [0.15, 0.2) is 67.0 Å². The first-order valence-electron chi connectivity index (χ1n) is 11.1. The summed E-state index contributed by atoms with van der Waals surface area (Å²) in [5, 5.41) is 0. The molecule has 7 heteroatoms. The fraction of sp³-hybridized carbons (Fsp3) is 0.360. The van der Waals surface area contributed by atoms with Crippen molar-refractivity contribution in [1.29, 1.82) is 0 Å². The fourth-order valence-electron chi connectivity index (χ4n) is 3.86. The largest absolute Gasteiger partial charge is 0.461 e. The molecule has 0 aromatic carbocycles. The van der Waals surface area contributed by atoms with Crippen LogP contribution in [0.5, 0.6) is 0 Å². The molecule has 0 atom stereocenters. The van der Waals surface area contributed by atoms with E-state index in [2.05, 4.69) is 19.9 Å². The van der Waals surface area contributed by atoms with E-state index >= 15 is 0 Å². The minimum absolute atomic E-state index is 0.124. The van der Waals surface area contributed by atoms with E-state index in [4.69, 9.17) is 9.47 Å². The van der Waals surface area contributed by atoms with Crippen molar-refractivity contribution >= 4 is 5.97 Å². The van der Waals surface area contributed by atoms with Gasteiger partial charge >= 0.3 is 5.97 Å². The number of hydrogen-bond donors (Lipinski definition) is 0. The Hall–Kier alpha value is -3.16. The van der Waals surface area contributed by atoms with Crippen molar-refractivity contribution < 1.29 is 14.3 Å². The molecule has 7 nitrogen and oxygen atoms in total. The topological polar surface area (TPSA) is 77.4 Å². The zero-order valence-corrected chi connectivity index (χ0v) is 18.3. The van der Waals surface area contributed by atoms with Crippen LogP contribution < -0.4 is 0 Å². The summed E-state index contributed by atoms with van der Waals surface area (Å²) in [7, 11) is 0. The van der Waals surface area contributed by atoms with Gasteiger partial charge in [0.1, 0.15) is 11.8 Å². The predicted molar refractivity (Wildman–Crippen MR) is 120 cm³/mol. The molecule has 4 heterocycles. The van der Waals surface area contributed by atoms with Gasteiger partial charge in [0.2, 0.25) is 0 Å². The Labute approximate surface area is 188 Å². The van der Waals surface area contributed by atoms with E-state index < -0.39 is 0 Å². The summed E-state index contributed by atoms with van der Waals surface area (Å²) >= 11 is 0. The van der Waals surface area contributed by atoms with Crippen molar-refractivity contribution in [2.75, 3.05) is 19.7 Å². The van der Waals surface area contributed by atoms with Crippen LogP contribution in [-0.2, 0) is 16.0 Å². The van der Waals surface area contributed by atoms with Gasteiger partial charge in [-0.05, 0) is 56.2 Å². The second-order valence-corrected chi connectivity index (χ2v) is 7.74. The molecule has 0 radical (unpaired) electrons. The second kappa shape index (κ2) is 10.9. The summed E-state index contributed by atoms with van der Waals surface area (Å²) in [5.74, 6) is -0.378. The number of piperidine rings is 1. The van der Waals surface area contributed by atoms with Crippen LogP contribution in [0, 0.1) is 0 Å². The van der Waals surface area contributed by atoms with Crippen molar-refractivity contribution in [1.82, 2.24) is 19.9 Å². The standard InChI is InChI=1S/C25H28N4O3/c1-2-31-25(30)23-11-7-8-19(28-23)18-29-16-12-20(13-17-29)32-24(21-9-3-5-14-26-21)22-10-4-6-15-27-22/h3-11,14-15,20,24H,2,12-13,16-18H2,1H3. The molecular formula is C25H28N4O3. The number of carbonyl (C=O) groups is 1. The molecule has 0 spiro atoms. The lowest BCUT2D eigenvalue weighted by molar-refractivity contribution is -0.0313. The first kappa shape index (κ1) is 22.0. The zero-order chi connectivity index (χ0) is 22.2. The van der Waals surface area contributed by atoms with E-state index in [1.807, 2.05) is 48.5 Å². The molecular weight excluding hydrogens is 404 g/mol. The molecule has 32 heavy (non-hydrogen) atoms. The lowest BCUT2D eigenvalue weighted by atomic mass is 10.1. The first-order chi connectivity index (χ1) is 15.7. The number of likely N-dealkylation sites (tertiary alicyclic amines) is 1. The molecule has 0 N–H and O–H groups in total. The van der Waals surface area contributed by atoms with E-state index in [-0.39, 0.29) is 18.2 Å². The minimum atomic E-state index is -0.378. The van der Waals surface area contributed by atoms with Crippen LogP contribution >= 0.6 is 0 Å². The number of ether oxygens (including phenoxy) is 2. The van der Waals surface area contributed by atoms with Crippen molar-refractivity contribution in [3.05, 3.63) is 89.8 Å². The van der Waals surface area contributed by atoms with Crippen molar-refractivity contribution in [2.45, 2.75) is 38.5 Å². The van der Waals surface area contributed by atoms with Gasteiger partial charge in [-0.15, -0.1) is 0 Å². The summed E-state index contributed by atoms with van der Waals surface area (Å²) in [6.45, 7) is 4.63. The molecule has 0 bridgehead atoms. The number of rotatable bonds is 8. The first-order valence-corrected chi connectivity index (χ1v) is 11.1. The summed E-state index contributed by atoms with van der Waals surface area (Å²) in [6.07, 6.45) is 5.24. The van der Waals surface area contributed by atoms with Crippen LogP contribution in [0.4, 0.5) is 0 Å². The van der Waals surface area contributed by atoms with Gasteiger partial charge in [-0.1, -0.05) is 18.2 Å². The Morgan fingerprint density at radius 3 is 2.28 bits per heavy atom. The zero-order valence-electron chi connectivity index (χ0n) is 18.3. The fourth-order valence-corrected chi connectivity index (χ4v) is 3.86. The normalized spacial score (nSPS) is 15.1. The molecule has 0 unspecified atom stereocenters. The van der Waals surface area contributed by atoms with Gasteiger partial charge in [-0.3, -0.25) is 14.9 Å². The maximum atomic E-state index is 11.9. The van der Waals surface area contributed by atoms with Crippen LogP contribution in [0.2, 0.25) is 0 Å². The van der Waals surface area contributed by atoms with Gasteiger partial charge in [0.05, 0.1) is 29.8 Å². The molecule has 0 amide bonds. The second-order valence-electron chi connectivity index (χ2n) is 7.74. The Bertz CT molecular complexity index is 953. The molecule has 0 aliphatic carbocycles. The quantitative estimate of drug-likeness (QED) is 0.501. The van der Waals surface area contributed by atoms with Crippen LogP contribution in [0.1, 0.15) is 53.4 Å². The third kappa shape index (κ3) is 5.75. The number of hydrogen-bond acceptors (Lipinski definition) is 7. The summed E-state index contributed by atoms with van der Waals surface area (Å²) in [6, 6.07) is 17.2. The average molecular weight is 433 g/mol. The number of pyridine rings is 3. The Balaban J connectivity index is 1.36. The molecule has 1 aliphatic heterocycles. The minimum Gasteiger partial charge on any atom is -0.461 e. The van der Waals surface area contributed by atoms with Crippen LogP contribution in [0.25, 0.3) is 0 Å². The smallest absolute Gasteiger partial charge is 0.356 e. The van der Waals surface area contributed by atoms with Gasteiger partial charge < -0.3 is 9.47 Å². The molecule has 3 aromatic rings. The molecule has 1 aliphatic rings. The highest BCUT2D eigenvalue weighted by Crippen LogP contribution is 2.28. The molecule has 0 saturated carbocycles. The number of carbonyl (C=O) groups excluding carboxylic acids is 1. The molecule has 3 aromatic heterocycles. The predicted octanol–water partition coefficient (Wildman–Crippen LogP) is 3.82.